The van der Waals surface area contributed by atoms with Crippen LogP contribution in [0.5, 0.6) is 0 Å². The maximum absolute atomic E-state index is 12.9. The molecule has 2 nitrogen and oxygen atoms in total. The highest BCUT2D eigenvalue weighted by Gasteiger charge is 2.11. The molecular weight excluding hydrogens is 203 g/mol. The van der Waals surface area contributed by atoms with Crippen molar-refractivity contribution in [2.45, 2.75) is 31.8 Å². The molecule has 16 heavy (non-hydrogen) atoms. The van der Waals surface area contributed by atoms with E-state index < -0.39 is 0 Å². The van der Waals surface area contributed by atoms with Crippen molar-refractivity contribution in [3.63, 3.8) is 0 Å². The number of piperidine rings is 1. The third kappa shape index (κ3) is 3.58. The SMILES string of the molecule is Fc1cccc(CNCC2CCCCN2)c1. The Labute approximate surface area is 96.2 Å². The summed E-state index contributed by atoms with van der Waals surface area (Å²) in [5.41, 5.74) is 1.01. The number of halogens is 1. The summed E-state index contributed by atoms with van der Waals surface area (Å²) >= 11 is 0. The summed E-state index contributed by atoms with van der Waals surface area (Å²) in [7, 11) is 0. The molecule has 3 heteroatoms. The number of nitrogens with one attached hydrogen (secondary N) is 2. The van der Waals surface area contributed by atoms with Crippen LogP contribution < -0.4 is 10.6 Å². The van der Waals surface area contributed by atoms with E-state index in [-0.39, 0.29) is 5.82 Å². The summed E-state index contributed by atoms with van der Waals surface area (Å²) in [5, 5.41) is 6.85. The highest BCUT2D eigenvalue weighted by Crippen LogP contribution is 2.06. The Morgan fingerprint density at radius 3 is 3.06 bits per heavy atom. The summed E-state index contributed by atoms with van der Waals surface area (Å²) in [6, 6.07) is 7.35. The van der Waals surface area contributed by atoms with E-state index in [1.165, 1.54) is 25.3 Å². The summed E-state index contributed by atoms with van der Waals surface area (Å²) < 4.78 is 12.9. The molecule has 88 valence electrons. The van der Waals surface area contributed by atoms with Gasteiger partial charge in [0.25, 0.3) is 0 Å². The van der Waals surface area contributed by atoms with Crippen molar-refractivity contribution in [3.05, 3.63) is 35.6 Å². The Balaban J connectivity index is 1.71. The quantitative estimate of drug-likeness (QED) is 0.815. The van der Waals surface area contributed by atoms with Crippen LogP contribution in [0.3, 0.4) is 0 Å². The van der Waals surface area contributed by atoms with Crippen molar-refractivity contribution in [2.75, 3.05) is 13.1 Å². The Bertz CT molecular complexity index is 321. The second-order valence-electron chi connectivity index (χ2n) is 4.41. The van der Waals surface area contributed by atoms with E-state index in [1.54, 1.807) is 12.1 Å². The van der Waals surface area contributed by atoms with Crippen LogP contribution in [0.1, 0.15) is 24.8 Å². The number of hydrogen-bond acceptors (Lipinski definition) is 2. The van der Waals surface area contributed by atoms with Crippen LogP contribution in [-0.4, -0.2) is 19.1 Å². The summed E-state index contributed by atoms with van der Waals surface area (Å²) in [4.78, 5) is 0. The average Bonchev–Trinajstić information content (AvgIpc) is 2.30. The lowest BCUT2D eigenvalue weighted by molar-refractivity contribution is 0.383. The third-order valence-electron chi connectivity index (χ3n) is 3.02. The first kappa shape index (κ1) is 11.6. The largest absolute Gasteiger partial charge is 0.313 e. The van der Waals surface area contributed by atoms with E-state index in [0.717, 1.165) is 25.2 Å². The molecule has 1 aromatic carbocycles. The van der Waals surface area contributed by atoms with Gasteiger partial charge in [-0.2, -0.15) is 0 Å². The van der Waals surface area contributed by atoms with Crippen LogP contribution in [0.25, 0.3) is 0 Å². The fraction of sp³-hybridized carbons (Fsp3) is 0.538. The Kier molecular flexibility index (Phi) is 4.31. The number of hydrogen-bond donors (Lipinski definition) is 2. The first-order chi connectivity index (χ1) is 7.84. The second kappa shape index (κ2) is 5.97. The molecule has 0 aliphatic carbocycles. The van der Waals surface area contributed by atoms with Crippen LogP contribution in [0.4, 0.5) is 4.39 Å². The van der Waals surface area contributed by atoms with E-state index in [4.69, 9.17) is 0 Å². The minimum atomic E-state index is -0.157. The van der Waals surface area contributed by atoms with Crippen LogP contribution in [0, 0.1) is 5.82 Å². The first-order valence-corrected chi connectivity index (χ1v) is 6.03. The molecule has 0 bridgehead atoms. The molecule has 1 atom stereocenters. The zero-order valence-corrected chi connectivity index (χ0v) is 9.51. The number of benzene rings is 1. The highest BCUT2D eigenvalue weighted by molar-refractivity contribution is 5.15. The minimum absolute atomic E-state index is 0.157. The van der Waals surface area contributed by atoms with Gasteiger partial charge in [-0.05, 0) is 37.1 Å². The Morgan fingerprint density at radius 1 is 1.38 bits per heavy atom. The third-order valence-corrected chi connectivity index (χ3v) is 3.02. The maximum Gasteiger partial charge on any atom is 0.123 e. The van der Waals surface area contributed by atoms with Crippen molar-refractivity contribution in [1.82, 2.24) is 10.6 Å². The molecule has 0 amide bonds. The van der Waals surface area contributed by atoms with E-state index in [0.29, 0.717) is 6.04 Å². The maximum atomic E-state index is 12.9. The first-order valence-electron chi connectivity index (χ1n) is 6.03. The lowest BCUT2D eigenvalue weighted by Gasteiger charge is -2.23. The predicted molar refractivity (Wildman–Crippen MR) is 63.7 cm³/mol. The van der Waals surface area contributed by atoms with Gasteiger partial charge >= 0.3 is 0 Å². The molecule has 0 saturated carbocycles. The van der Waals surface area contributed by atoms with Gasteiger partial charge in [0.1, 0.15) is 5.82 Å². The molecule has 1 aliphatic rings. The Morgan fingerprint density at radius 2 is 2.31 bits per heavy atom. The van der Waals surface area contributed by atoms with E-state index in [1.807, 2.05) is 6.07 Å². The normalized spacial score (nSPS) is 20.9. The van der Waals surface area contributed by atoms with Gasteiger partial charge in [0.2, 0.25) is 0 Å². The van der Waals surface area contributed by atoms with Crippen LogP contribution in [0.2, 0.25) is 0 Å². The molecule has 1 heterocycles. The van der Waals surface area contributed by atoms with E-state index in [9.17, 15) is 4.39 Å². The molecule has 0 spiro atoms. The van der Waals surface area contributed by atoms with Crippen LogP contribution in [-0.2, 0) is 6.54 Å². The molecule has 2 N–H and O–H groups in total. The fourth-order valence-electron chi connectivity index (χ4n) is 2.14. The summed E-state index contributed by atoms with van der Waals surface area (Å²) in [6.07, 6.45) is 3.86. The van der Waals surface area contributed by atoms with Crippen molar-refractivity contribution in [1.29, 1.82) is 0 Å². The molecule has 1 saturated heterocycles. The van der Waals surface area contributed by atoms with Gasteiger partial charge < -0.3 is 10.6 Å². The molecule has 1 aromatic rings. The van der Waals surface area contributed by atoms with E-state index in [2.05, 4.69) is 10.6 Å². The van der Waals surface area contributed by atoms with E-state index >= 15 is 0 Å². The zero-order chi connectivity index (χ0) is 11.2. The van der Waals surface area contributed by atoms with Crippen molar-refractivity contribution < 1.29 is 4.39 Å². The molecule has 1 unspecified atom stereocenters. The minimum Gasteiger partial charge on any atom is -0.313 e. The van der Waals surface area contributed by atoms with Crippen LogP contribution >= 0.6 is 0 Å². The fourth-order valence-corrected chi connectivity index (χ4v) is 2.14. The predicted octanol–water partition coefficient (Wildman–Crippen LogP) is 2.06. The zero-order valence-electron chi connectivity index (χ0n) is 9.51. The molecule has 1 fully saturated rings. The lowest BCUT2D eigenvalue weighted by atomic mass is 10.1. The van der Waals surface area contributed by atoms with Crippen molar-refractivity contribution in [2.24, 2.45) is 0 Å². The topological polar surface area (TPSA) is 24.1 Å². The highest BCUT2D eigenvalue weighted by atomic mass is 19.1. The summed E-state index contributed by atoms with van der Waals surface area (Å²) in [6.45, 7) is 2.85. The second-order valence-corrected chi connectivity index (χ2v) is 4.41. The van der Waals surface area contributed by atoms with Gasteiger partial charge in [-0.1, -0.05) is 18.6 Å². The lowest BCUT2D eigenvalue weighted by Crippen LogP contribution is -2.41. The molecule has 2 rings (SSSR count). The van der Waals surface area contributed by atoms with Crippen molar-refractivity contribution in [3.8, 4) is 0 Å². The molecule has 0 aromatic heterocycles. The van der Waals surface area contributed by atoms with Gasteiger partial charge in [0, 0.05) is 19.1 Å². The molecule has 0 radical (unpaired) electrons. The average molecular weight is 222 g/mol. The monoisotopic (exact) mass is 222 g/mol. The Hall–Kier alpha value is -0.930. The smallest absolute Gasteiger partial charge is 0.123 e. The van der Waals surface area contributed by atoms with Gasteiger partial charge in [-0.25, -0.2) is 4.39 Å². The van der Waals surface area contributed by atoms with Gasteiger partial charge in [-0.15, -0.1) is 0 Å². The summed E-state index contributed by atoms with van der Waals surface area (Å²) in [5.74, 6) is -0.157. The molecule has 1 aliphatic heterocycles. The molecular formula is C13H19FN2. The van der Waals surface area contributed by atoms with Crippen LogP contribution in [0.15, 0.2) is 24.3 Å². The van der Waals surface area contributed by atoms with Gasteiger partial charge in [0.15, 0.2) is 0 Å². The standard InChI is InChI=1S/C13H19FN2/c14-12-5-3-4-11(8-12)9-15-10-13-6-1-2-7-16-13/h3-5,8,13,15-16H,1-2,6-7,9-10H2. The number of rotatable bonds is 4. The van der Waals surface area contributed by atoms with Crippen molar-refractivity contribution >= 4 is 0 Å². The van der Waals surface area contributed by atoms with Gasteiger partial charge in [-0.3, -0.25) is 0 Å². The van der Waals surface area contributed by atoms with Gasteiger partial charge in [0.05, 0.1) is 0 Å².